The number of nitrogens with zero attached hydrogens (tertiary/aromatic N) is 1. The van der Waals surface area contributed by atoms with Crippen molar-refractivity contribution in [2.24, 2.45) is 5.73 Å². The molecule has 2 aromatic rings. The number of benzene rings is 2. The molecular formula is C51H72N2O20. The van der Waals surface area contributed by atoms with Gasteiger partial charge < -0.3 is 98.5 Å². The topological polar surface area (TPSA) is 307 Å². The summed E-state index contributed by atoms with van der Waals surface area (Å²) < 4.78 is 68.3. The van der Waals surface area contributed by atoms with Gasteiger partial charge >= 0.3 is 0 Å². The molecule has 9 N–H and O–H groups in total. The fraction of sp³-hybridized carbons (Fsp3) is 0.725. The molecule has 0 spiro atoms. The Morgan fingerprint density at radius 3 is 1.84 bits per heavy atom. The van der Waals surface area contributed by atoms with Gasteiger partial charge in [-0.15, -0.1) is 0 Å². The van der Waals surface area contributed by atoms with Gasteiger partial charge in [0, 0.05) is 62.0 Å². The van der Waals surface area contributed by atoms with Crippen molar-refractivity contribution in [1.29, 1.82) is 0 Å². The predicted octanol–water partition coefficient (Wildman–Crippen LogP) is 0.169. The number of aromatic hydroxyl groups is 1. The number of likely N-dealkylation sites (N-methyl/N-ethyl adjacent to an activating group) is 1. The number of ketones is 2. The summed E-state index contributed by atoms with van der Waals surface area (Å²) >= 11 is 0. The highest BCUT2D eigenvalue weighted by molar-refractivity contribution is 6.30. The highest BCUT2D eigenvalue weighted by atomic mass is 16.8. The van der Waals surface area contributed by atoms with Crippen molar-refractivity contribution in [2.75, 3.05) is 35.4 Å². The standard InChI is InChI=1S/C51H72N2O20/c1-19-37(58)49(6,61)42(64-12)45(67-19)71-36-27-22(17-48(5,60)41(36)63-11)16-24-28(32(27)55)33(56)29-23(31(24)54)14-15-25-35(29)70-44-34(57)30(53(9)10)40(51(25,8)73-44)69-26-18-47(4,52)39(21(3)66-26)72-46-43(65-13)50(7,62)38(59)20(2)68-46/h14-16,19-21,26,30,34,36-46,55,57-62H,17-18,52H2,1-13H3/t19-,20-,21+,26-,30-,34-,36-,37-,38-,39-,40+,41-,42+,43+,44+,45-,46+,47+,48+,49+,50+,51+/m0/s1. The lowest BCUT2D eigenvalue weighted by Gasteiger charge is -2.56. The van der Waals surface area contributed by atoms with Gasteiger partial charge in [0.05, 0.1) is 41.1 Å². The van der Waals surface area contributed by atoms with Crippen LogP contribution in [-0.2, 0) is 59.4 Å². The summed E-state index contributed by atoms with van der Waals surface area (Å²) in [7, 11) is 7.51. The molecule has 0 saturated carbocycles. The zero-order valence-electron chi connectivity index (χ0n) is 43.4. The minimum absolute atomic E-state index is 0.0143. The number of methoxy groups -OCH3 is 3. The first-order valence-electron chi connectivity index (χ1n) is 24.7. The minimum Gasteiger partial charge on any atom is -0.507 e. The quantitative estimate of drug-likeness (QED) is 0.134. The van der Waals surface area contributed by atoms with Crippen LogP contribution in [0.5, 0.6) is 11.5 Å². The molecule has 22 heteroatoms. The lowest BCUT2D eigenvalue weighted by Crippen LogP contribution is -2.71. The zero-order valence-corrected chi connectivity index (χ0v) is 43.4. The number of hydrogen-bond donors (Lipinski definition) is 8. The van der Waals surface area contributed by atoms with Crippen molar-refractivity contribution < 1.29 is 97.4 Å². The molecule has 22 nitrogen and oxygen atoms in total. The van der Waals surface area contributed by atoms with Gasteiger partial charge in [0.25, 0.3) is 0 Å². The molecule has 406 valence electrons. The maximum Gasteiger partial charge on any atom is 0.228 e. The first kappa shape index (κ1) is 54.4. The number of aliphatic hydroxyl groups is 6. The Kier molecular flexibility index (Phi) is 13.9. The molecule has 4 fully saturated rings. The number of nitrogens with two attached hydrogens (primary N) is 1. The van der Waals surface area contributed by atoms with Crippen molar-refractivity contribution in [3.63, 3.8) is 0 Å². The van der Waals surface area contributed by atoms with Crippen LogP contribution in [0.2, 0.25) is 0 Å². The van der Waals surface area contributed by atoms with E-state index in [2.05, 4.69) is 0 Å². The SMILES string of the molecule is CO[C@@H]1[C@@H](O[C@H]2[C@@H](C)O[C@@H](O[C@@H]3[C@@H](N(C)C)[C@H](O)[C@@H]4Oc5c(ccc6c5C(=O)c5c(cc7c(c5O)[C@H](O[C@@H]5O[C@@H](C)[C@H](O)[C@@](C)(O)[C@@H]5OC)[C@H](OC)[C@](C)(O)C7)C6=O)[C@@]3(C)O4)C[C@@]2(C)N)O[C@@H](C)[C@H](O)[C@@]1(C)O. The second-order valence-electron chi connectivity index (χ2n) is 22.3. The Hall–Kier alpha value is -3.34. The minimum atomic E-state index is -1.88. The van der Waals surface area contributed by atoms with Crippen molar-refractivity contribution in [3.05, 3.63) is 57.1 Å². The summed E-state index contributed by atoms with van der Waals surface area (Å²) in [6, 6.07) is 3.70. The van der Waals surface area contributed by atoms with Crippen molar-refractivity contribution in [3.8, 4) is 11.5 Å². The Bertz CT molecular complexity index is 2480. The van der Waals surface area contributed by atoms with E-state index in [9.17, 15) is 40.5 Å². The van der Waals surface area contributed by atoms with E-state index in [1.165, 1.54) is 61.2 Å². The fourth-order valence-electron chi connectivity index (χ4n) is 12.8. The maximum atomic E-state index is 15.3. The maximum absolute atomic E-state index is 15.3. The van der Waals surface area contributed by atoms with E-state index in [1.54, 1.807) is 52.8 Å². The number of carbonyl (C=O) groups is 2. The molecule has 5 aliphatic heterocycles. The first-order chi connectivity index (χ1) is 34.0. The third-order valence-electron chi connectivity index (χ3n) is 16.6. The van der Waals surface area contributed by atoms with E-state index in [1.807, 2.05) is 0 Å². The molecule has 0 aromatic heterocycles. The number of phenolic OH excluding ortho intramolecular Hbond substituents is 1. The van der Waals surface area contributed by atoms with Crippen LogP contribution in [0.3, 0.4) is 0 Å². The number of hydrogen-bond acceptors (Lipinski definition) is 22. The molecule has 4 saturated heterocycles. The van der Waals surface area contributed by atoms with Gasteiger partial charge in [-0.3, -0.25) is 9.59 Å². The van der Waals surface area contributed by atoms with E-state index in [-0.39, 0.29) is 57.5 Å². The molecule has 7 aliphatic rings. The van der Waals surface area contributed by atoms with Crippen molar-refractivity contribution in [2.45, 2.75) is 201 Å². The lowest BCUT2D eigenvalue weighted by molar-refractivity contribution is -0.370. The first-order valence-corrected chi connectivity index (χ1v) is 24.7. The second-order valence-corrected chi connectivity index (χ2v) is 22.3. The van der Waals surface area contributed by atoms with Crippen LogP contribution < -0.4 is 10.5 Å². The van der Waals surface area contributed by atoms with Crippen molar-refractivity contribution >= 4 is 11.6 Å². The van der Waals surface area contributed by atoms with Crippen LogP contribution in [0.25, 0.3) is 0 Å². The summed E-state index contributed by atoms with van der Waals surface area (Å²) in [5.74, 6) is -2.14. The number of phenols is 1. The molecule has 5 heterocycles. The summed E-state index contributed by atoms with van der Waals surface area (Å²) in [6.07, 6.45) is -18.6. The molecule has 9 rings (SSSR count). The van der Waals surface area contributed by atoms with Crippen LogP contribution >= 0.6 is 0 Å². The van der Waals surface area contributed by atoms with Gasteiger partial charge in [0.1, 0.15) is 83.2 Å². The Morgan fingerprint density at radius 2 is 1.29 bits per heavy atom. The predicted molar refractivity (Wildman–Crippen MR) is 252 cm³/mol. The molecule has 0 unspecified atom stereocenters. The number of ether oxygens (including phenoxy) is 11. The van der Waals surface area contributed by atoms with Crippen LogP contribution in [0, 0.1) is 0 Å². The van der Waals surface area contributed by atoms with E-state index in [0.29, 0.717) is 0 Å². The normalized spacial score (nSPS) is 46.3. The van der Waals surface area contributed by atoms with Gasteiger partial charge in [-0.25, -0.2) is 0 Å². The highest BCUT2D eigenvalue weighted by Gasteiger charge is 2.63. The smallest absolute Gasteiger partial charge is 0.228 e. The highest BCUT2D eigenvalue weighted by Crippen LogP contribution is 2.55. The monoisotopic (exact) mass is 1030 g/mol. The molecule has 2 bridgehead atoms. The number of fused-ring (bicyclic) bond motifs is 8. The average molecular weight is 1030 g/mol. The molecular weight excluding hydrogens is 961 g/mol. The summed E-state index contributed by atoms with van der Waals surface area (Å²) in [4.78, 5) is 31.8. The largest absolute Gasteiger partial charge is 0.507 e. The van der Waals surface area contributed by atoms with Gasteiger partial charge in [-0.1, -0.05) is 6.07 Å². The number of aliphatic hydroxyl groups excluding tert-OH is 3. The number of carbonyl (C=O) groups excluding carboxylic acids is 2. The lowest BCUT2D eigenvalue weighted by atomic mass is 9.71. The molecule has 0 amide bonds. The fourth-order valence-corrected chi connectivity index (χ4v) is 12.8. The van der Waals surface area contributed by atoms with Crippen LogP contribution in [0.15, 0.2) is 18.2 Å². The van der Waals surface area contributed by atoms with Gasteiger partial charge in [0.15, 0.2) is 24.7 Å². The third-order valence-corrected chi connectivity index (χ3v) is 16.6. The summed E-state index contributed by atoms with van der Waals surface area (Å²) in [5, 5.41) is 80.6. The molecule has 2 aromatic carbocycles. The van der Waals surface area contributed by atoms with Gasteiger partial charge in [-0.05, 0) is 87.2 Å². The summed E-state index contributed by atoms with van der Waals surface area (Å²) in [6.45, 7) is 12.7. The zero-order chi connectivity index (χ0) is 53.6. The molecule has 2 aliphatic carbocycles. The average Bonchev–Trinajstić information content (AvgIpc) is 3.28. The Morgan fingerprint density at radius 1 is 0.712 bits per heavy atom. The van der Waals surface area contributed by atoms with E-state index < -0.39 is 150 Å². The van der Waals surface area contributed by atoms with Crippen LogP contribution in [0.4, 0.5) is 0 Å². The molecule has 22 atom stereocenters. The second kappa shape index (κ2) is 18.7. The van der Waals surface area contributed by atoms with Gasteiger partial charge in [0.2, 0.25) is 12.1 Å². The number of rotatable bonds is 10. The van der Waals surface area contributed by atoms with Crippen LogP contribution in [0.1, 0.15) is 116 Å². The van der Waals surface area contributed by atoms with E-state index >= 15 is 4.79 Å². The third kappa shape index (κ3) is 8.39. The summed E-state index contributed by atoms with van der Waals surface area (Å²) in [5.41, 5.74) is -1.14. The Balaban J connectivity index is 1.07. The Labute approximate surface area is 423 Å². The van der Waals surface area contributed by atoms with E-state index in [4.69, 9.17) is 57.8 Å². The van der Waals surface area contributed by atoms with Crippen molar-refractivity contribution in [1.82, 2.24) is 4.90 Å². The van der Waals surface area contributed by atoms with Gasteiger partial charge in [-0.2, -0.15) is 0 Å². The van der Waals surface area contributed by atoms with E-state index in [0.717, 1.165) is 0 Å². The molecule has 73 heavy (non-hydrogen) atoms. The molecule has 0 radical (unpaired) electrons. The van der Waals surface area contributed by atoms with Crippen LogP contribution in [-0.4, -0.2) is 208 Å².